The summed E-state index contributed by atoms with van der Waals surface area (Å²) in [7, 11) is -0.399. The fourth-order valence-electron chi connectivity index (χ4n) is 2.77. The maximum absolute atomic E-state index is 13.2. The summed E-state index contributed by atoms with van der Waals surface area (Å²) in [6.07, 6.45) is 5.56. The van der Waals surface area contributed by atoms with Crippen molar-refractivity contribution in [2.24, 2.45) is 7.05 Å². The predicted octanol–water partition coefficient (Wildman–Crippen LogP) is 1.73. The number of nitrogens with zero attached hydrogens (tertiary/aromatic N) is 4. The van der Waals surface area contributed by atoms with Crippen molar-refractivity contribution in [3.05, 3.63) is 41.1 Å². The van der Waals surface area contributed by atoms with E-state index in [0.29, 0.717) is 17.6 Å². The molecule has 0 spiro atoms. The molecular formula is C15H18ClN5O2S. The predicted molar refractivity (Wildman–Crippen MR) is 92.9 cm³/mol. The van der Waals surface area contributed by atoms with Crippen LogP contribution in [0.5, 0.6) is 0 Å². The van der Waals surface area contributed by atoms with Crippen molar-refractivity contribution in [1.82, 2.24) is 24.1 Å². The standard InChI is InChI=1S/C15H18ClN5O2S/c1-10-14(15(16)20(3)19-10)24(22,23)21-9-11(4-6-17-2)12-5-7-18-8-13(12)21/h5,7-9,17H,4,6H2,1-3H3. The summed E-state index contributed by atoms with van der Waals surface area (Å²) in [6, 6.07) is 1.82. The Hall–Kier alpha value is -1.90. The third-order valence-corrected chi connectivity index (χ3v) is 6.29. The fraction of sp³-hybridized carbons (Fsp3) is 0.333. The highest BCUT2D eigenvalue weighted by atomic mass is 35.5. The minimum absolute atomic E-state index is 0.0209. The highest BCUT2D eigenvalue weighted by Gasteiger charge is 2.28. The van der Waals surface area contributed by atoms with Crippen LogP contribution >= 0.6 is 11.6 Å². The number of pyridine rings is 1. The summed E-state index contributed by atoms with van der Waals surface area (Å²) < 4.78 is 28.9. The minimum atomic E-state index is -3.87. The Balaban J connectivity index is 2.25. The smallest absolute Gasteiger partial charge is 0.273 e. The van der Waals surface area contributed by atoms with Gasteiger partial charge in [0.25, 0.3) is 10.0 Å². The molecule has 24 heavy (non-hydrogen) atoms. The normalized spacial score (nSPS) is 12.2. The zero-order valence-electron chi connectivity index (χ0n) is 13.6. The van der Waals surface area contributed by atoms with Gasteiger partial charge in [-0.05, 0) is 38.6 Å². The van der Waals surface area contributed by atoms with Crippen LogP contribution in [-0.2, 0) is 23.5 Å². The molecular weight excluding hydrogens is 350 g/mol. The Morgan fingerprint density at radius 1 is 1.38 bits per heavy atom. The van der Waals surface area contributed by atoms with Crippen molar-refractivity contribution in [3.63, 3.8) is 0 Å². The van der Waals surface area contributed by atoms with E-state index in [0.717, 1.165) is 17.5 Å². The third-order valence-electron chi connectivity index (χ3n) is 3.92. The SMILES string of the molecule is CNCCc1cn(S(=O)(=O)c2c(C)nn(C)c2Cl)c2cnccc12. The molecule has 0 atom stereocenters. The van der Waals surface area contributed by atoms with E-state index in [1.54, 1.807) is 32.6 Å². The van der Waals surface area contributed by atoms with Crippen LogP contribution in [-0.4, -0.2) is 40.7 Å². The monoisotopic (exact) mass is 367 g/mol. The molecule has 0 saturated heterocycles. The van der Waals surface area contributed by atoms with Gasteiger partial charge < -0.3 is 5.32 Å². The Morgan fingerprint density at radius 3 is 2.75 bits per heavy atom. The molecule has 3 heterocycles. The van der Waals surface area contributed by atoms with Gasteiger partial charge in [-0.25, -0.2) is 12.4 Å². The number of rotatable bonds is 5. The number of hydrogen-bond acceptors (Lipinski definition) is 5. The number of aryl methyl sites for hydroxylation is 2. The molecule has 0 amide bonds. The third kappa shape index (κ3) is 2.60. The van der Waals surface area contributed by atoms with E-state index < -0.39 is 10.0 Å². The molecule has 9 heteroatoms. The Kier molecular flexibility index (Phi) is 4.37. The lowest BCUT2D eigenvalue weighted by molar-refractivity contribution is 0.588. The molecule has 128 valence electrons. The molecule has 0 radical (unpaired) electrons. The topological polar surface area (TPSA) is 81.8 Å². The summed E-state index contributed by atoms with van der Waals surface area (Å²) in [5.74, 6) is 0. The van der Waals surface area contributed by atoms with Gasteiger partial charge in [0.2, 0.25) is 0 Å². The van der Waals surface area contributed by atoms with Crippen LogP contribution in [0.25, 0.3) is 10.9 Å². The number of halogens is 1. The molecule has 0 saturated carbocycles. The van der Waals surface area contributed by atoms with Crippen molar-refractivity contribution in [1.29, 1.82) is 0 Å². The number of likely N-dealkylation sites (N-methyl/N-ethyl adjacent to an activating group) is 1. The second-order valence-electron chi connectivity index (χ2n) is 5.53. The summed E-state index contributed by atoms with van der Waals surface area (Å²) in [5.41, 5.74) is 1.83. The molecule has 0 aliphatic rings. The van der Waals surface area contributed by atoms with Gasteiger partial charge in [0, 0.05) is 24.8 Å². The second-order valence-corrected chi connectivity index (χ2v) is 7.64. The molecule has 0 aliphatic heterocycles. The lowest BCUT2D eigenvalue weighted by atomic mass is 10.1. The van der Waals surface area contributed by atoms with Gasteiger partial charge in [-0.2, -0.15) is 5.10 Å². The molecule has 3 rings (SSSR count). The van der Waals surface area contributed by atoms with E-state index >= 15 is 0 Å². The van der Waals surface area contributed by atoms with Crippen LogP contribution in [0.1, 0.15) is 11.3 Å². The minimum Gasteiger partial charge on any atom is -0.319 e. The summed E-state index contributed by atoms with van der Waals surface area (Å²) in [6.45, 7) is 2.37. The van der Waals surface area contributed by atoms with E-state index in [-0.39, 0.29) is 10.0 Å². The van der Waals surface area contributed by atoms with Gasteiger partial charge in [-0.15, -0.1) is 0 Å². The van der Waals surface area contributed by atoms with Gasteiger partial charge in [-0.1, -0.05) is 11.6 Å². The summed E-state index contributed by atoms with van der Waals surface area (Å²) in [4.78, 5) is 4.09. The maximum Gasteiger partial charge on any atom is 0.273 e. The van der Waals surface area contributed by atoms with Gasteiger partial charge in [0.15, 0.2) is 0 Å². The van der Waals surface area contributed by atoms with E-state index in [1.165, 1.54) is 8.65 Å². The van der Waals surface area contributed by atoms with Crippen molar-refractivity contribution in [2.75, 3.05) is 13.6 Å². The number of hydrogen-bond donors (Lipinski definition) is 1. The van der Waals surface area contributed by atoms with Gasteiger partial charge in [0.1, 0.15) is 10.0 Å². The van der Waals surface area contributed by atoms with Crippen LogP contribution in [0.4, 0.5) is 0 Å². The first kappa shape index (κ1) is 16.9. The highest BCUT2D eigenvalue weighted by molar-refractivity contribution is 7.90. The lowest BCUT2D eigenvalue weighted by Crippen LogP contribution is -2.13. The zero-order chi connectivity index (χ0) is 17.5. The molecule has 3 aromatic heterocycles. The lowest BCUT2D eigenvalue weighted by Gasteiger charge is -2.07. The number of fused-ring (bicyclic) bond motifs is 1. The molecule has 0 bridgehead atoms. The van der Waals surface area contributed by atoms with Crippen LogP contribution in [0, 0.1) is 6.92 Å². The largest absolute Gasteiger partial charge is 0.319 e. The Bertz CT molecular complexity index is 1010. The van der Waals surface area contributed by atoms with E-state index in [2.05, 4.69) is 15.4 Å². The average Bonchev–Trinajstić information content (AvgIpc) is 3.04. The molecule has 0 aromatic carbocycles. The molecule has 3 aromatic rings. The molecule has 0 fully saturated rings. The Morgan fingerprint density at radius 2 is 2.12 bits per heavy atom. The zero-order valence-corrected chi connectivity index (χ0v) is 15.2. The van der Waals surface area contributed by atoms with Crippen molar-refractivity contribution >= 4 is 32.5 Å². The van der Waals surface area contributed by atoms with E-state index in [1.807, 2.05) is 13.1 Å². The number of nitrogens with one attached hydrogen (secondary N) is 1. The van der Waals surface area contributed by atoms with Crippen molar-refractivity contribution in [3.8, 4) is 0 Å². The first-order chi connectivity index (χ1) is 11.4. The van der Waals surface area contributed by atoms with Crippen LogP contribution in [0.15, 0.2) is 29.6 Å². The molecule has 0 unspecified atom stereocenters. The molecule has 0 aliphatic carbocycles. The van der Waals surface area contributed by atoms with Gasteiger partial charge in [-0.3, -0.25) is 9.67 Å². The van der Waals surface area contributed by atoms with Crippen LogP contribution in [0.2, 0.25) is 5.15 Å². The van der Waals surface area contributed by atoms with E-state index in [4.69, 9.17) is 11.6 Å². The van der Waals surface area contributed by atoms with Crippen LogP contribution < -0.4 is 5.32 Å². The molecule has 1 N–H and O–H groups in total. The first-order valence-corrected chi connectivity index (χ1v) is 9.23. The number of aromatic nitrogens is 4. The highest BCUT2D eigenvalue weighted by Crippen LogP contribution is 2.30. The van der Waals surface area contributed by atoms with Crippen molar-refractivity contribution in [2.45, 2.75) is 18.2 Å². The molecule has 7 nitrogen and oxygen atoms in total. The first-order valence-electron chi connectivity index (χ1n) is 7.41. The Labute approximate surface area is 145 Å². The quantitative estimate of drug-likeness (QED) is 0.742. The van der Waals surface area contributed by atoms with E-state index in [9.17, 15) is 8.42 Å². The summed E-state index contributed by atoms with van der Waals surface area (Å²) in [5, 5.41) is 8.13. The second kappa shape index (κ2) is 6.19. The van der Waals surface area contributed by atoms with Crippen molar-refractivity contribution < 1.29 is 8.42 Å². The maximum atomic E-state index is 13.2. The van der Waals surface area contributed by atoms with Crippen LogP contribution in [0.3, 0.4) is 0 Å². The van der Waals surface area contributed by atoms with Gasteiger partial charge >= 0.3 is 0 Å². The average molecular weight is 368 g/mol. The van der Waals surface area contributed by atoms with Gasteiger partial charge in [0.05, 0.1) is 17.4 Å². The fourth-order valence-corrected chi connectivity index (χ4v) is 4.87. The summed E-state index contributed by atoms with van der Waals surface area (Å²) >= 11 is 6.17.